The number of alkyl halides is 3. The van der Waals surface area contributed by atoms with Crippen molar-refractivity contribution in [2.24, 2.45) is 5.73 Å². The fourth-order valence-corrected chi connectivity index (χ4v) is 3.09. The molecular formula is C22H23F3N4O4. The number of anilines is 2. The number of aliphatic carboxylic acids is 1. The van der Waals surface area contributed by atoms with Crippen molar-refractivity contribution in [1.82, 2.24) is 4.90 Å². The van der Waals surface area contributed by atoms with Gasteiger partial charge in [0.15, 0.2) is 0 Å². The van der Waals surface area contributed by atoms with E-state index >= 15 is 0 Å². The van der Waals surface area contributed by atoms with Crippen molar-refractivity contribution >= 4 is 34.7 Å². The molecule has 2 aromatic rings. The number of rotatable bonds is 5. The average molecular weight is 464 g/mol. The number of hydrogen-bond acceptors (Lipinski definition) is 5. The summed E-state index contributed by atoms with van der Waals surface area (Å²) in [5.74, 6) is -3.48. The predicted molar refractivity (Wildman–Crippen MR) is 117 cm³/mol. The maximum Gasteiger partial charge on any atom is 0.490 e. The van der Waals surface area contributed by atoms with Crippen LogP contribution in [-0.2, 0) is 16.1 Å². The lowest BCUT2D eigenvalue weighted by molar-refractivity contribution is -0.192. The van der Waals surface area contributed by atoms with Gasteiger partial charge < -0.3 is 26.4 Å². The van der Waals surface area contributed by atoms with E-state index in [4.69, 9.17) is 15.6 Å². The summed E-state index contributed by atoms with van der Waals surface area (Å²) in [6.07, 6.45) is -5.08. The Kier molecular flexibility index (Phi) is 7.83. The smallest absolute Gasteiger partial charge is 0.475 e. The molecule has 3 rings (SSSR count). The van der Waals surface area contributed by atoms with Gasteiger partial charge in [-0.1, -0.05) is 18.2 Å². The first-order valence-corrected chi connectivity index (χ1v) is 9.57. The molecule has 0 saturated heterocycles. The highest BCUT2D eigenvalue weighted by molar-refractivity contribution is 6.32. The second-order valence-electron chi connectivity index (χ2n) is 7.44. The summed E-state index contributed by atoms with van der Waals surface area (Å²) in [4.78, 5) is 34.7. The number of nitrogens with zero attached hydrogens (tertiary/aromatic N) is 1. The van der Waals surface area contributed by atoms with Crippen molar-refractivity contribution in [1.29, 1.82) is 0 Å². The van der Waals surface area contributed by atoms with E-state index in [1.807, 2.05) is 33.2 Å². The Bertz CT molecular complexity index is 1110. The SMILES string of the molecule is CC(Nc1cccc(CN(C)C)c1)=C1C(=O)Nc2cc(C(N)=O)ccc21.O=C(O)C(F)(F)F. The predicted octanol–water partition coefficient (Wildman–Crippen LogP) is 3.28. The number of amides is 2. The summed E-state index contributed by atoms with van der Waals surface area (Å²) < 4.78 is 31.7. The number of nitrogens with one attached hydrogen (secondary N) is 2. The normalized spacial score (nSPS) is 14.1. The average Bonchev–Trinajstić information content (AvgIpc) is 3.02. The molecule has 0 fully saturated rings. The van der Waals surface area contributed by atoms with Crippen LogP contribution in [0.1, 0.15) is 28.4 Å². The molecule has 2 amide bonds. The van der Waals surface area contributed by atoms with Crippen LogP contribution in [0.4, 0.5) is 24.5 Å². The van der Waals surface area contributed by atoms with Gasteiger partial charge in [0.1, 0.15) is 0 Å². The number of fused-ring (bicyclic) bond motifs is 1. The molecule has 0 atom stereocenters. The Morgan fingerprint density at radius 2 is 1.79 bits per heavy atom. The topological polar surface area (TPSA) is 125 Å². The highest BCUT2D eigenvalue weighted by Gasteiger charge is 2.38. The lowest BCUT2D eigenvalue weighted by Gasteiger charge is -2.13. The molecule has 0 bridgehead atoms. The van der Waals surface area contributed by atoms with Gasteiger partial charge in [-0.3, -0.25) is 9.59 Å². The lowest BCUT2D eigenvalue weighted by Crippen LogP contribution is -2.21. The van der Waals surface area contributed by atoms with E-state index in [2.05, 4.69) is 27.7 Å². The van der Waals surface area contributed by atoms with E-state index in [0.29, 0.717) is 16.8 Å². The van der Waals surface area contributed by atoms with Gasteiger partial charge in [-0.2, -0.15) is 13.2 Å². The summed E-state index contributed by atoms with van der Waals surface area (Å²) in [5.41, 5.74) is 10.4. The van der Waals surface area contributed by atoms with Gasteiger partial charge in [-0.05, 0) is 50.8 Å². The minimum absolute atomic E-state index is 0.198. The summed E-state index contributed by atoms with van der Waals surface area (Å²) in [5, 5.41) is 13.2. The zero-order valence-corrected chi connectivity index (χ0v) is 18.1. The van der Waals surface area contributed by atoms with Gasteiger partial charge in [-0.15, -0.1) is 0 Å². The molecule has 1 heterocycles. The summed E-state index contributed by atoms with van der Waals surface area (Å²) in [6.45, 7) is 2.70. The molecule has 11 heteroatoms. The summed E-state index contributed by atoms with van der Waals surface area (Å²) in [7, 11) is 4.04. The first kappa shape index (κ1) is 25.4. The minimum atomic E-state index is -5.08. The summed E-state index contributed by atoms with van der Waals surface area (Å²) >= 11 is 0. The van der Waals surface area contributed by atoms with Gasteiger partial charge in [0.25, 0.3) is 5.91 Å². The molecule has 0 saturated carbocycles. The molecule has 5 N–H and O–H groups in total. The zero-order chi connectivity index (χ0) is 24.9. The second kappa shape index (κ2) is 10.2. The van der Waals surface area contributed by atoms with Crippen LogP contribution >= 0.6 is 0 Å². The molecule has 33 heavy (non-hydrogen) atoms. The van der Waals surface area contributed by atoms with Gasteiger partial charge in [0.05, 0.1) is 5.57 Å². The number of carbonyl (C=O) groups excluding carboxylic acids is 2. The van der Waals surface area contributed by atoms with Gasteiger partial charge in [-0.25, -0.2) is 4.79 Å². The Morgan fingerprint density at radius 1 is 1.15 bits per heavy atom. The van der Waals surface area contributed by atoms with Crippen LogP contribution in [0.25, 0.3) is 5.57 Å². The Balaban J connectivity index is 0.000000479. The molecule has 176 valence electrons. The molecule has 0 aliphatic carbocycles. The van der Waals surface area contributed by atoms with Crippen LogP contribution in [0.2, 0.25) is 0 Å². The zero-order valence-electron chi connectivity index (χ0n) is 18.1. The largest absolute Gasteiger partial charge is 0.490 e. The summed E-state index contributed by atoms with van der Waals surface area (Å²) in [6, 6.07) is 13.1. The van der Waals surface area contributed by atoms with Crippen molar-refractivity contribution in [3.05, 3.63) is 64.9 Å². The van der Waals surface area contributed by atoms with Gasteiger partial charge in [0, 0.05) is 34.7 Å². The Morgan fingerprint density at radius 3 is 2.33 bits per heavy atom. The molecule has 1 aliphatic heterocycles. The number of benzene rings is 2. The number of carboxylic acids is 1. The minimum Gasteiger partial charge on any atom is -0.475 e. The van der Waals surface area contributed by atoms with E-state index in [1.54, 1.807) is 18.2 Å². The number of carboxylic acid groups (broad SMARTS) is 1. The van der Waals surface area contributed by atoms with Crippen LogP contribution in [0, 0.1) is 0 Å². The molecule has 0 spiro atoms. The van der Waals surface area contributed by atoms with Crippen molar-refractivity contribution < 1.29 is 32.7 Å². The number of nitrogens with two attached hydrogens (primary N) is 1. The van der Waals surface area contributed by atoms with Gasteiger partial charge in [0.2, 0.25) is 5.91 Å². The van der Waals surface area contributed by atoms with Crippen LogP contribution < -0.4 is 16.4 Å². The highest BCUT2D eigenvalue weighted by atomic mass is 19.4. The maximum atomic E-state index is 12.4. The number of halogens is 3. The molecule has 0 aromatic heterocycles. The molecular weight excluding hydrogens is 441 g/mol. The molecule has 2 aromatic carbocycles. The molecule has 0 unspecified atom stereocenters. The maximum absolute atomic E-state index is 12.4. The van der Waals surface area contributed by atoms with E-state index in [0.717, 1.165) is 23.5 Å². The van der Waals surface area contributed by atoms with Crippen LogP contribution in [0.5, 0.6) is 0 Å². The standard InChI is InChI=1S/C20H22N4O2.C2HF3O2/c1-12(22-15-6-4-5-13(9-15)11-24(2)3)18-16-8-7-14(19(21)25)10-17(16)23-20(18)26;3-2(4,5)1(6)7/h4-10,22H,11H2,1-3H3,(H2,21,25)(H,23,26);(H,6,7). The van der Waals surface area contributed by atoms with Crippen LogP contribution in [-0.4, -0.2) is 48.1 Å². The van der Waals surface area contributed by atoms with Crippen molar-refractivity contribution in [3.63, 3.8) is 0 Å². The van der Waals surface area contributed by atoms with Crippen molar-refractivity contribution in [2.75, 3.05) is 24.7 Å². The van der Waals surface area contributed by atoms with E-state index in [9.17, 15) is 22.8 Å². The molecule has 0 radical (unpaired) electrons. The second-order valence-corrected chi connectivity index (χ2v) is 7.44. The van der Waals surface area contributed by atoms with Gasteiger partial charge >= 0.3 is 12.1 Å². The van der Waals surface area contributed by atoms with Crippen molar-refractivity contribution in [3.8, 4) is 0 Å². The first-order chi connectivity index (χ1) is 15.3. The number of carbonyl (C=O) groups is 3. The molecule has 8 nitrogen and oxygen atoms in total. The van der Waals surface area contributed by atoms with Crippen molar-refractivity contribution in [2.45, 2.75) is 19.6 Å². The number of allylic oxidation sites excluding steroid dienone is 1. The third-order valence-corrected chi connectivity index (χ3v) is 4.42. The Labute approximate surface area is 187 Å². The molecule has 1 aliphatic rings. The monoisotopic (exact) mass is 464 g/mol. The quantitative estimate of drug-likeness (QED) is 0.504. The Hall–Kier alpha value is -3.86. The lowest BCUT2D eigenvalue weighted by atomic mass is 10.0. The fraction of sp³-hybridized carbons (Fsp3) is 0.227. The third-order valence-electron chi connectivity index (χ3n) is 4.42. The van der Waals surface area contributed by atoms with E-state index < -0.39 is 18.1 Å². The van der Waals surface area contributed by atoms with E-state index in [1.165, 1.54) is 5.56 Å². The van der Waals surface area contributed by atoms with Crippen LogP contribution in [0.15, 0.2) is 48.2 Å². The highest BCUT2D eigenvalue weighted by Crippen LogP contribution is 2.34. The fourth-order valence-electron chi connectivity index (χ4n) is 3.09. The number of hydrogen-bond donors (Lipinski definition) is 4. The van der Waals surface area contributed by atoms with E-state index in [-0.39, 0.29) is 5.91 Å². The third kappa shape index (κ3) is 6.81. The first-order valence-electron chi connectivity index (χ1n) is 9.57. The van der Waals surface area contributed by atoms with Crippen LogP contribution in [0.3, 0.4) is 0 Å². The number of primary amides is 1.